The molecule has 3 nitrogen and oxygen atoms in total. The first-order valence-electron chi connectivity index (χ1n) is 0.500. The van der Waals surface area contributed by atoms with E-state index in [1.54, 1.807) is 0 Å². The maximum atomic E-state index is 8.59. The molecule has 4 heteroatoms. The van der Waals surface area contributed by atoms with Crippen LogP contribution in [0.4, 0.5) is 0 Å². The van der Waals surface area contributed by atoms with Crippen molar-refractivity contribution in [1.82, 2.24) is 0 Å². The second kappa shape index (κ2) is 4.09. The Labute approximate surface area is 35.5 Å². The fraction of sp³-hybridized carbons (Fsp3) is 0. The first kappa shape index (κ1) is 8.92. The molecule has 0 rings (SSSR count). The molecule has 0 aromatic carbocycles. The van der Waals surface area contributed by atoms with Gasteiger partial charge in [0.25, 0.3) is 0 Å². The monoisotopic (exact) mass is 161 g/mol. The Balaban J connectivity index is 0. The van der Waals surface area contributed by atoms with E-state index in [-0.39, 0.29) is 7.43 Å². The van der Waals surface area contributed by atoms with Crippen LogP contribution in [0.2, 0.25) is 0 Å². The summed E-state index contributed by atoms with van der Waals surface area (Å²) < 4.78 is 25.8. The van der Waals surface area contributed by atoms with Gasteiger partial charge in [0.05, 0.1) is 0 Å². The van der Waals surface area contributed by atoms with Gasteiger partial charge in [0.1, 0.15) is 0 Å². The van der Waals surface area contributed by atoms with Gasteiger partial charge in [-0.05, 0) is 0 Å². The molecule has 0 fully saturated rings. The van der Waals surface area contributed by atoms with Crippen molar-refractivity contribution < 1.29 is 27.4 Å². The predicted octanol–water partition coefficient (Wildman–Crippen LogP) is 0.0914. The van der Waals surface area contributed by atoms with Crippen LogP contribution in [0, 0.1) is 7.43 Å². The second-order valence-corrected chi connectivity index (χ2v) is 1.21. The van der Waals surface area contributed by atoms with Crippen LogP contribution in [0.5, 0.6) is 0 Å². The Morgan fingerprint density at radius 2 is 1.00 bits per heavy atom. The normalized spacial score (nSPS) is 4.80. The molecule has 0 atom stereocenters. The van der Waals surface area contributed by atoms with E-state index in [0.717, 1.165) is 0 Å². The van der Waals surface area contributed by atoms with Gasteiger partial charge in [0.15, 0.2) is 0 Å². The van der Waals surface area contributed by atoms with Crippen molar-refractivity contribution in [3.05, 3.63) is 7.43 Å². The molecule has 0 aliphatic carbocycles. The van der Waals surface area contributed by atoms with Crippen LogP contribution in [-0.4, -0.2) is 0 Å². The summed E-state index contributed by atoms with van der Waals surface area (Å²) in [5.74, 6) is 0. The van der Waals surface area contributed by atoms with Crippen LogP contribution in [0.3, 0.4) is 0 Å². The Bertz CT molecular complexity index is 76.3. The van der Waals surface area contributed by atoms with E-state index in [1.165, 1.54) is 0 Å². The fourth-order valence-electron chi connectivity index (χ4n) is 0. The molecular formula is CH3MoO3-. The zero-order valence-electron chi connectivity index (χ0n) is 2.63. The molecule has 0 spiro atoms. The summed E-state index contributed by atoms with van der Waals surface area (Å²) >= 11 is -4.11. The summed E-state index contributed by atoms with van der Waals surface area (Å²) in [6.45, 7) is 0. The summed E-state index contributed by atoms with van der Waals surface area (Å²) in [5, 5.41) is 0. The molecule has 0 heterocycles. The Kier molecular flexibility index (Phi) is 7.29. The van der Waals surface area contributed by atoms with E-state index in [0.29, 0.717) is 0 Å². The molecule has 0 aromatic rings. The summed E-state index contributed by atoms with van der Waals surface area (Å²) in [6.07, 6.45) is 0. The first-order valence-corrected chi connectivity index (χ1v) is 2.96. The topological polar surface area (TPSA) is 51.2 Å². The predicted molar refractivity (Wildman–Crippen MR) is 8.47 cm³/mol. The van der Waals surface area contributed by atoms with Gasteiger partial charge in [-0.2, -0.15) is 0 Å². The van der Waals surface area contributed by atoms with Crippen molar-refractivity contribution in [3.63, 3.8) is 0 Å². The summed E-state index contributed by atoms with van der Waals surface area (Å²) in [5.41, 5.74) is 0. The molecule has 0 bridgehead atoms. The molecule has 32 valence electrons. The van der Waals surface area contributed by atoms with Crippen LogP contribution in [0.1, 0.15) is 0 Å². The van der Waals surface area contributed by atoms with Gasteiger partial charge in [-0.25, -0.2) is 0 Å². The molecule has 0 aromatic heterocycles. The third-order valence-corrected chi connectivity index (χ3v) is 0. The van der Waals surface area contributed by atoms with Crippen molar-refractivity contribution in [2.24, 2.45) is 0 Å². The molecule has 0 aliphatic rings. The van der Waals surface area contributed by atoms with Gasteiger partial charge in [0, 0.05) is 0 Å². The minimum atomic E-state index is -4.11. The van der Waals surface area contributed by atoms with E-state index in [1.807, 2.05) is 0 Å². The van der Waals surface area contributed by atoms with Gasteiger partial charge < -0.3 is 7.43 Å². The van der Waals surface area contributed by atoms with Crippen LogP contribution in [0.25, 0.3) is 0 Å². The standard InChI is InChI=1S/CH3.Mo.3O/h1H3;;;;/q-1;;;;. The molecule has 0 saturated heterocycles. The SMILES string of the molecule is [CH3-].[O]=[Mo](=[O])=[O]. The average Bonchev–Trinajstić information content (AvgIpc) is 0.811. The Morgan fingerprint density at radius 1 is 1.00 bits per heavy atom. The quantitative estimate of drug-likeness (QED) is 0.371. The minimum absolute atomic E-state index is 0. The molecule has 0 saturated carbocycles. The zero-order valence-corrected chi connectivity index (χ0v) is 4.64. The number of hydrogen-bond donors (Lipinski definition) is 0. The summed E-state index contributed by atoms with van der Waals surface area (Å²) in [6, 6.07) is 0. The number of rotatable bonds is 0. The first-order chi connectivity index (χ1) is 1.73. The Morgan fingerprint density at radius 3 is 1.00 bits per heavy atom. The number of hydrogen-bond acceptors (Lipinski definition) is 3. The third kappa shape index (κ3) is 2290. The van der Waals surface area contributed by atoms with Crippen LogP contribution >= 0.6 is 0 Å². The van der Waals surface area contributed by atoms with E-state index in [9.17, 15) is 0 Å². The second-order valence-electron chi connectivity index (χ2n) is 0.204. The van der Waals surface area contributed by atoms with Gasteiger partial charge in [-0.15, -0.1) is 0 Å². The third-order valence-electron chi connectivity index (χ3n) is 0. The van der Waals surface area contributed by atoms with Gasteiger partial charge in [-0.3, -0.25) is 0 Å². The van der Waals surface area contributed by atoms with E-state index >= 15 is 0 Å². The Hall–Kier alpha value is 0.0883. The summed E-state index contributed by atoms with van der Waals surface area (Å²) in [4.78, 5) is 0. The van der Waals surface area contributed by atoms with E-state index in [2.05, 4.69) is 0 Å². The van der Waals surface area contributed by atoms with Crippen molar-refractivity contribution in [1.29, 1.82) is 0 Å². The molecular weight excluding hydrogens is 156 g/mol. The molecule has 0 N–H and O–H groups in total. The summed E-state index contributed by atoms with van der Waals surface area (Å²) in [7, 11) is 0. The maximum absolute atomic E-state index is 8.59. The molecule has 0 amide bonds. The van der Waals surface area contributed by atoms with Crippen LogP contribution < -0.4 is 0 Å². The average molecular weight is 159 g/mol. The van der Waals surface area contributed by atoms with Crippen LogP contribution in [-0.2, 0) is 27.4 Å². The van der Waals surface area contributed by atoms with Crippen LogP contribution in [0.15, 0.2) is 0 Å². The molecule has 0 unspecified atom stereocenters. The van der Waals surface area contributed by atoms with Crippen molar-refractivity contribution in [3.8, 4) is 0 Å². The van der Waals surface area contributed by atoms with Gasteiger partial charge in [-0.1, -0.05) is 0 Å². The van der Waals surface area contributed by atoms with E-state index < -0.39 is 17.2 Å². The van der Waals surface area contributed by atoms with Gasteiger partial charge >= 0.3 is 27.4 Å². The fourth-order valence-corrected chi connectivity index (χ4v) is 0. The molecule has 0 aliphatic heterocycles. The van der Waals surface area contributed by atoms with Gasteiger partial charge in [0.2, 0.25) is 0 Å². The molecule has 0 radical (unpaired) electrons. The van der Waals surface area contributed by atoms with Crippen molar-refractivity contribution in [2.45, 2.75) is 0 Å². The van der Waals surface area contributed by atoms with E-state index in [4.69, 9.17) is 10.2 Å². The molecule has 5 heavy (non-hydrogen) atoms. The van der Waals surface area contributed by atoms with Crippen molar-refractivity contribution in [2.75, 3.05) is 0 Å². The zero-order chi connectivity index (χ0) is 3.58. The van der Waals surface area contributed by atoms with Crippen molar-refractivity contribution >= 4 is 0 Å².